The Kier molecular flexibility index (Phi) is 2.67. The number of aliphatic carboxylic acids is 1. The molecule has 0 aromatic carbocycles. The van der Waals surface area contributed by atoms with Crippen LogP contribution in [-0.4, -0.2) is 27.9 Å². The summed E-state index contributed by atoms with van der Waals surface area (Å²) in [5.74, 6) is -1.06. The summed E-state index contributed by atoms with van der Waals surface area (Å²) in [6, 6.07) is 0. The summed E-state index contributed by atoms with van der Waals surface area (Å²) in [6.45, 7) is 1.96. The van der Waals surface area contributed by atoms with Gasteiger partial charge in [0.15, 0.2) is 0 Å². The number of nitrogens with zero attached hydrogens (tertiary/aromatic N) is 1. The highest BCUT2D eigenvalue weighted by atomic mass is 32.1. The van der Waals surface area contributed by atoms with Gasteiger partial charge in [0.2, 0.25) is 0 Å². The molecule has 2 N–H and O–H groups in total. The number of amides is 1. The molecule has 16 heavy (non-hydrogen) atoms. The van der Waals surface area contributed by atoms with Gasteiger partial charge in [0.25, 0.3) is 5.91 Å². The van der Waals surface area contributed by atoms with Crippen LogP contribution in [0.15, 0.2) is 5.38 Å². The van der Waals surface area contributed by atoms with Crippen LogP contribution in [0.4, 0.5) is 0 Å². The molecule has 0 atom stereocenters. The number of carboxylic acids is 1. The summed E-state index contributed by atoms with van der Waals surface area (Å²) in [6.07, 6.45) is 1.28. The fraction of sp³-hybridized carbons (Fsp3) is 0.500. The topological polar surface area (TPSA) is 79.3 Å². The van der Waals surface area contributed by atoms with E-state index in [1.807, 2.05) is 0 Å². The molecule has 0 unspecified atom stereocenters. The summed E-state index contributed by atoms with van der Waals surface area (Å²) in [7, 11) is 0. The zero-order chi connectivity index (χ0) is 11.8. The van der Waals surface area contributed by atoms with Crippen LogP contribution < -0.4 is 5.32 Å². The first-order chi connectivity index (χ1) is 7.55. The first-order valence-corrected chi connectivity index (χ1v) is 5.81. The molecule has 0 saturated heterocycles. The van der Waals surface area contributed by atoms with Crippen molar-refractivity contribution >= 4 is 23.4 Å². The minimum absolute atomic E-state index is 0.205. The van der Waals surface area contributed by atoms with Gasteiger partial charge < -0.3 is 10.4 Å². The maximum absolute atomic E-state index is 11.7. The van der Waals surface area contributed by atoms with Crippen molar-refractivity contribution in [2.75, 3.05) is 6.54 Å². The molecule has 1 aromatic rings. The summed E-state index contributed by atoms with van der Waals surface area (Å²) < 4.78 is 4.00. The van der Waals surface area contributed by atoms with Gasteiger partial charge in [-0.1, -0.05) is 0 Å². The van der Waals surface area contributed by atoms with Gasteiger partial charge in [-0.15, -0.1) is 0 Å². The molecule has 0 bridgehead atoms. The molecule has 6 heteroatoms. The molecule has 2 rings (SSSR count). The number of carbonyl (C=O) groups is 2. The van der Waals surface area contributed by atoms with Gasteiger partial charge in [-0.25, -0.2) is 0 Å². The van der Waals surface area contributed by atoms with Crippen molar-refractivity contribution in [1.82, 2.24) is 9.69 Å². The van der Waals surface area contributed by atoms with Crippen LogP contribution in [0.25, 0.3) is 0 Å². The number of aromatic nitrogens is 1. The minimum atomic E-state index is -0.826. The molecule has 1 aromatic heterocycles. The van der Waals surface area contributed by atoms with E-state index < -0.39 is 11.4 Å². The van der Waals surface area contributed by atoms with Crippen molar-refractivity contribution in [3.63, 3.8) is 0 Å². The molecule has 1 saturated carbocycles. The minimum Gasteiger partial charge on any atom is -0.481 e. The fourth-order valence-electron chi connectivity index (χ4n) is 1.47. The molecule has 86 valence electrons. The Hall–Kier alpha value is -1.43. The molecule has 0 aliphatic heterocycles. The molecule has 0 spiro atoms. The monoisotopic (exact) mass is 240 g/mol. The lowest BCUT2D eigenvalue weighted by molar-refractivity contribution is -0.143. The van der Waals surface area contributed by atoms with E-state index in [1.54, 1.807) is 12.3 Å². The van der Waals surface area contributed by atoms with E-state index in [9.17, 15) is 9.59 Å². The number of nitrogens with one attached hydrogen (secondary N) is 1. The van der Waals surface area contributed by atoms with Gasteiger partial charge in [-0.3, -0.25) is 9.59 Å². The molecule has 1 aliphatic rings. The smallest absolute Gasteiger partial charge is 0.311 e. The lowest BCUT2D eigenvalue weighted by Crippen LogP contribution is -2.34. The van der Waals surface area contributed by atoms with Crippen molar-refractivity contribution in [3.8, 4) is 0 Å². The first-order valence-electron chi connectivity index (χ1n) is 4.98. The Morgan fingerprint density at radius 2 is 2.31 bits per heavy atom. The van der Waals surface area contributed by atoms with Gasteiger partial charge in [0.05, 0.1) is 16.7 Å². The van der Waals surface area contributed by atoms with Crippen LogP contribution in [0, 0.1) is 12.3 Å². The van der Waals surface area contributed by atoms with Crippen LogP contribution in [-0.2, 0) is 4.79 Å². The zero-order valence-corrected chi connectivity index (χ0v) is 9.63. The maximum atomic E-state index is 11.7. The Morgan fingerprint density at radius 3 is 2.75 bits per heavy atom. The van der Waals surface area contributed by atoms with Crippen molar-refractivity contribution < 1.29 is 14.7 Å². The number of carbonyl (C=O) groups excluding carboxylic acids is 1. The van der Waals surface area contributed by atoms with Gasteiger partial charge in [-0.05, 0) is 31.3 Å². The number of hydrogen-bond donors (Lipinski definition) is 2. The van der Waals surface area contributed by atoms with E-state index in [0.717, 1.165) is 0 Å². The molecule has 1 heterocycles. The third kappa shape index (κ3) is 1.92. The Bertz CT molecular complexity index is 437. The third-order valence-electron chi connectivity index (χ3n) is 2.89. The molecule has 1 fully saturated rings. The quantitative estimate of drug-likeness (QED) is 0.824. The number of carboxylic acid groups (broad SMARTS) is 1. The summed E-state index contributed by atoms with van der Waals surface area (Å²) >= 11 is 1.22. The molecule has 5 nitrogen and oxygen atoms in total. The van der Waals surface area contributed by atoms with Gasteiger partial charge in [0.1, 0.15) is 0 Å². The zero-order valence-electron chi connectivity index (χ0n) is 8.82. The highest BCUT2D eigenvalue weighted by Gasteiger charge is 2.50. The predicted molar refractivity (Wildman–Crippen MR) is 58.5 cm³/mol. The lowest BCUT2D eigenvalue weighted by Gasteiger charge is -2.10. The van der Waals surface area contributed by atoms with Crippen molar-refractivity contribution in [1.29, 1.82) is 0 Å². The summed E-state index contributed by atoms with van der Waals surface area (Å²) in [4.78, 5) is 22.6. The molecular weight excluding hydrogens is 228 g/mol. The van der Waals surface area contributed by atoms with Crippen molar-refractivity contribution in [2.45, 2.75) is 19.8 Å². The van der Waals surface area contributed by atoms with E-state index in [1.165, 1.54) is 11.5 Å². The second-order valence-electron chi connectivity index (χ2n) is 4.08. The number of hydrogen-bond acceptors (Lipinski definition) is 4. The average Bonchev–Trinajstić information content (AvgIpc) is 2.92. The SMILES string of the molecule is Cc1nscc1C(=O)NCC1(C(=O)O)CC1. The van der Waals surface area contributed by atoms with Crippen molar-refractivity contribution in [2.24, 2.45) is 5.41 Å². The van der Waals surface area contributed by atoms with Gasteiger partial charge >= 0.3 is 5.97 Å². The lowest BCUT2D eigenvalue weighted by atomic mass is 10.1. The Balaban J connectivity index is 1.95. The van der Waals surface area contributed by atoms with E-state index >= 15 is 0 Å². The standard InChI is InChI=1S/C10H12N2O3S/c1-6-7(4-16-12-6)8(13)11-5-10(2-3-10)9(14)15/h4H,2-3,5H2,1H3,(H,11,13)(H,14,15). The third-order valence-corrected chi connectivity index (χ3v) is 3.61. The molecule has 1 aliphatic carbocycles. The predicted octanol–water partition coefficient (Wildman–Crippen LogP) is 1.05. The average molecular weight is 240 g/mol. The summed E-state index contributed by atoms with van der Waals surface area (Å²) in [5, 5.41) is 13.3. The van der Waals surface area contributed by atoms with E-state index in [2.05, 4.69) is 9.69 Å². The summed E-state index contributed by atoms with van der Waals surface area (Å²) in [5.41, 5.74) is 0.501. The van der Waals surface area contributed by atoms with Gasteiger partial charge in [0, 0.05) is 11.9 Å². The first kappa shape index (κ1) is 11.1. The number of rotatable bonds is 4. The normalized spacial score (nSPS) is 16.8. The number of aryl methyl sites for hydroxylation is 1. The Labute approximate surface area is 96.6 Å². The molecular formula is C10H12N2O3S. The van der Waals surface area contributed by atoms with Crippen LogP contribution >= 0.6 is 11.5 Å². The largest absolute Gasteiger partial charge is 0.481 e. The Morgan fingerprint density at radius 1 is 1.62 bits per heavy atom. The van der Waals surface area contributed by atoms with E-state index in [0.29, 0.717) is 24.1 Å². The highest BCUT2D eigenvalue weighted by Crippen LogP contribution is 2.45. The molecule has 1 amide bonds. The van der Waals surface area contributed by atoms with Crippen molar-refractivity contribution in [3.05, 3.63) is 16.6 Å². The fourth-order valence-corrected chi connectivity index (χ4v) is 2.16. The van der Waals surface area contributed by atoms with Crippen LogP contribution in [0.1, 0.15) is 28.9 Å². The van der Waals surface area contributed by atoms with Crippen LogP contribution in [0.2, 0.25) is 0 Å². The van der Waals surface area contributed by atoms with Gasteiger partial charge in [-0.2, -0.15) is 4.37 Å². The highest BCUT2D eigenvalue weighted by molar-refractivity contribution is 7.03. The molecule has 0 radical (unpaired) electrons. The second-order valence-corrected chi connectivity index (χ2v) is 4.71. The van der Waals surface area contributed by atoms with Crippen LogP contribution in [0.3, 0.4) is 0 Å². The van der Waals surface area contributed by atoms with E-state index in [-0.39, 0.29) is 12.5 Å². The van der Waals surface area contributed by atoms with Crippen LogP contribution in [0.5, 0.6) is 0 Å². The second kappa shape index (κ2) is 3.86. The maximum Gasteiger partial charge on any atom is 0.311 e. The van der Waals surface area contributed by atoms with E-state index in [4.69, 9.17) is 5.11 Å².